The van der Waals surface area contributed by atoms with Crippen molar-refractivity contribution in [2.24, 2.45) is 0 Å². The average Bonchev–Trinajstić information content (AvgIpc) is 2.46. The molecule has 0 heterocycles. The molecule has 1 aromatic carbocycles. The molecule has 0 spiro atoms. The smallest absolute Gasteiger partial charge is 0.422 e. The average molecular weight is 336 g/mol. The third kappa shape index (κ3) is 8.03. The molecular weight excluding hydrogens is 320 g/mol. The monoisotopic (exact) mass is 336 g/mol. The highest BCUT2D eigenvalue weighted by Crippen LogP contribution is 2.14. The molecule has 0 unspecified atom stereocenters. The minimum Gasteiger partial charge on any atom is -0.440 e. The molecule has 5 nitrogen and oxygen atoms in total. The van der Waals surface area contributed by atoms with E-state index in [2.05, 4.69) is 10.1 Å². The van der Waals surface area contributed by atoms with Crippen molar-refractivity contribution >= 4 is 12.0 Å². The van der Waals surface area contributed by atoms with E-state index in [1.807, 2.05) is 5.32 Å². The van der Waals surface area contributed by atoms with Crippen molar-refractivity contribution in [3.63, 3.8) is 0 Å². The topological polar surface area (TPSA) is 67.4 Å². The molecule has 23 heavy (non-hydrogen) atoms. The van der Waals surface area contributed by atoms with Crippen LogP contribution in [0.4, 0.5) is 22.4 Å². The summed E-state index contributed by atoms with van der Waals surface area (Å²) in [5.41, 5.74) is 1.06. The molecule has 2 amide bonds. The Kier molecular flexibility index (Phi) is 6.80. The van der Waals surface area contributed by atoms with Crippen LogP contribution in [0.5, 0.6) is 0 Å². The maximum Gasteiger partial charge on any atom is 0.422 e. The summed E-state index contributed by atoms with van der Waals surface area (Å²) in [5.74, 6) is -0.826. The first-order chi connectivity index (χ1) is 10.7. The normalized spacial score (nSPS) is 11.0. The van der Waals surface area contributed by atoms with Crippen molar-refractivity contribution in [3.05, 3.63) is 35.1 Å². The Balaban J connectivity index is 2.21. The number of hydrogen-bond donors (Lipinski definition) is 2. The second-order valence-corrected chi connectivity index (χ2v) is 4.73. The third-order valence-corrected chi connectivity index (χ3v) is 2.71. The van der Waals surface area contributed by atoms with Crippen molar-refractivity contribution in [1.82, 2.24) is 10.6 Å². The van der Waals surface area contributed by atoms with Crippen LogP contribution in [0.25, 0.3) is 0 Å². The van der Waals surface area contributed by atoms with Crippen molar-refractivity contribution in [3.8, 4) is 0 Å². The molecule has 0 radical (unpaired) electrons. The van der Waals surface area contributed by atoms with Gasteiger partial charge >= 0.3 is 12.3 Å². The summed E-state index contributed by atoms with van der Waals surface area (Å²) in [6.07, 6.45) is -6.00. The van der Waals surface area contributed by atoms with Gasteiger partial charge in [-0.25, -0.2) is 9.18 Å². The zero-order valence-electron chi connectivity index (χ0n) is 12.3. The number of ether oxygens (including phenoxy) is 1. The number of benzene rings is 1. The van der Waals surface area contributed by atoms with Crippen LogP contribution in [0.3, 0.4) is 0 Å². The van der Waals surface area contributed by atoms with Gasteiger partial charge in [0, 0.05) is 19.5 Å². The van der Waals surface area contributed by atoms with Gasteiger partial charge in [0.25, 0.3) is 0 Å². The number of rotatable bonds is 6. The maximum absolute atomic E-state index is 13.3. The summed E-state index contributed by atoms with van der Waals surface area (Å²) in [4.78, 5) is 22.4. The zero-order valence-corrected chi connectivity index (χ0v) is 12.3. The molecule has 2 N–H and O–H groups in total. The van der Waals surface area contributed by atoms with Crippen LogP contribution < -0.4 is 10.6 Å². The number of halogens is 4. The molecule has 0 atom stereocenters. The van der Waals surface area contributed by atoms with Crippen LogP contribution in [0.15, 0.2) is 18.2 Å². The minimum absolute atomic E-state index is 0.106. The first-order valence-corrected chi connectivity index (χ1v) is 6.66. The zero-order chi connectivity index (χ0) is 17.5. The fourth-order valence-corrected chi connectivity index (χ4v) is 1.51. The number of alkyl halides is 3. The van der Waals surface area contributed by atoms with Gasteiger partial charge in [0.15, 0.2) is 6.61 Å². The summed E-state index contributed by atoms with van der Waals surface area (Å²) in [6.45, 7) is -0.148. The van der Waals surface area contributed by atoms with Crippen LogP contribution in [0.1, 0.15) is 17.5 Å². The van der Waals surface area contributed by atoms with Gasteiger partial charge in [0.2, 0.25) is 5.91 Å². The summed E-state index contributed by atoms with van der Waals surface area (Å²) < 4.78 is 52.5. The van der Waals surface area contributed by atoms with Crippen LogP contribution >= 0.6 is 0 Å². The van der Waals surface area contributed by atoms with E-state index >= 15 is 0 Å². The van der Waals surface area contributed by atoms with Gasteiger partial charge in [-0.05, 0) is 24.1 Å². The molecule has 1 aromatic rings. The van der Waals surface area contributed by atoms with E-state index in [4.69, 9.17) is 0 Å². The molecule has 9 heteroatoms. The highest BCUT2D eigenvalue weighted by Gasteiger charge is 2.29. The molecule has 0 aliphatic carbocycles. The van der Waals surface area contributed by atoms with Crippen LogP contribution in [-0.4, -0.2) is 31.3 Å². The summed E-state index contributed by atoms with van der Waals surface area (Å²) >= 11 is 0. The Morgan fingerprint density at radius 2 is 1.91 bits per heavy atom. The number of hydrogen-bond acceptors (Lipinski definition) is 3. The number of alkyl carbamates (subject to hydrolysis) is 1. The summed E-state index contributed by atoms with van der Waals surface area (Å²) in [7, 11) is 0. The van der Waals surface area contributed by atoms with E-state index in [0.717, 1.165) is 0 Å². The second-order valence-electron chi connectivity index (χ2n) is 4.73. The lowest BCUT2D eigenvalue weighted by molar-refractivity contribution is -0.160. The van der Waals surface area contributed by atoms with E-state index in [1.54, 1.807) is 19.1 Å². The van der Waals surface area contributed by atoms with Gasteiger partial charge in [0.1, 0.15) is 5.82 Å². The highest BCUT2D eigenvalue weighted by molar-refractivity contribution is 5.77. The molecule has 0 aliphatic heterocycles. The van der Waals surface area contributed by atoms with Gasteiger partial charge in [0.05, 0.1) is 0 Å². The first-order valence-electron chi connectivity index (χ1n) is 6.66. The number of carbonyl (C=O) groups is 2. The predicted octanol–water partition coefficient (Wildman–Crippen LogP) is 2.43. The number of carbonyl (C=O) groups excluding carboxylic acids is 2. The van der Waals surface area contributed by atoms with E-state index < -0.39 is 24.8 Å². The van der Waals surface area contributed by atoms with Crippen molar-refractivity contribution in [2.45, 2.75) is 26.1 Å². The van der Waals surface area contributed by atoms with Crippen molar-refractivity contribution < 1.29 is 31.9 Å². The largest absolute Gasteiger partial charge is 0.440 e. The molecule has 0 aromatic heterocycles. The van der Waals surface area contributed by atoms with E-state index in [-0.39, 0.29) is 25.3 Å². The number of nitrogens with one attached hydrogen (secondary N) is 2. The Morgan fingerprint density at radius 1 is 1.22 bits per heavy atom. The molecular formula is C14H16F4N2O3. The fourth-order valence-electron chi connectivity index (χ4n) is 1.51. The second kappa shape index (κ2) is 8.35. The molecule has 128 valence electrons. The van der Waals surface area contributed by atoms with Gasteiger partial charge < -0.3 is 15.4 Å². The van der Waals surface area contributed by atoms with Crippen LogP contribution in [0.2, 0.25) is 0 Å². The minimum atomic E-state index is -4.60. The quantitative estimate of drug-likeness (QED) is 0.784. The van der Waals surface area contributed by atoms with Crippen LogP contribution in [-0.2, 0) is 16.1 Å². The predicted molar refractivity (Wildman–Crippen MR) is 73.0 cm³/mol. The SMILES string of the molecule is Cc1ccc(CNC(=O)CCNC(=O)OCC(F)(F)F)cc1F. The van der Waals surface area contributed by atoms with Gasteiger partial charge in [-0.15, -0.1) is 0 Å². The lowest BCUT2D eigenvalue weighted by Crippen LogP contribution is -2.32. The Hall–Kier alpha value is -2.32. The summed E-state index contributed by atoms with van der Waals surface area (Å²) in [6, 6.07) is 4.53. The number of aryl methyl sites for hydroxylation is 1. The molecule has 1 rings (SSSR count). The van der Waals surface area contributed by atoms with Crippen molar-refractivity contribution in [2.75, 3.05) is 13.2 Å². The van der Waals surface area contributed by atoms with Crippen LogP contribution in [0, 0.1) is 12.7 Å². The standard InChI is InChI=1S/C14H16F4N2O3/c1-9-2-3-10(6-11(9)15)7-20-12(21)4-5-19-13(22)23-8-14(16,17)18/h2-3,6H,4-5,7-8H2,1H3,(H,19,22)(H,20,21). The maximum atomic E-state index is 13.3. The number of amides is 2. The molecule has 0 bridgehead atoms. The lowest BCUT2D eigenvalue weighted by atomic mass is 10.1. The Labute approximate surface area is 130 Å². The molecule has 0 saturated carbocycles. The summed E-state index contributed by atoms with van der Waals surface area (Å²) in [5, 5.41) is 4.52. The fraction of sp³-hybridized carbons (Fsp3) is 0.429. The first kappa shape index (κ1) is 18.7. The Morgan fingerprint density at radius 3 is 2.52 bits per heavy atom. The molecule has 0 aliphatic rings. The van der Waals surface area contributed by atoms with Gasteiger partial charge in [-0.2, -0.15) is 13.2 Å². The van der Waals surface area contributed by atoms with Gasteiger partial charge in [-0.1, -0.05) is 12.1 Å². The molecule has 0 saturated heterocycles. The van der Waals surface area contributed by atoms with E-state index in [1.165, 1.54) is 6.07 Å². The van der Waals surface area contributed by atoms with Gasteiger partial charge in [-0.3, -0.25) is 4.79 Å². The third-order valence-electron chi connectivity index (χ3n) is 2.71. The Bertz CT molecular complexity index is 561. The molecule has 0 fully saturated rings. The lowest BCUT2D eigenvalue weighted by Gasteiger charge is -2.09. The van der Waals surface area contributed by atoms with E-state index in [0.29, 0.717) is 11.1 Å². The highest BCUT2D eigenvalue weighted by atomic mass is 19.4. The van der Waals surface area contributed by atoms with E-state index in [9.17, 15) is 27.2 Å². The van der Waals surface area contributed by atoms with Crippen molar-refractivity contribution in [1.29, 1.82) is 0 Å².